The summed E-state index contributed by atoms with van der Waals surface area (Å²) in [7, 11) is 0. The van der Waals surface area contributed by atoms with E-state index in [0.717, 1.165) is 0 Å². The van der Waals surface area contributed by atoms with Crippen molar-refractivity contribution in [2.75, 3.05) is 33.0 Å². The van der Waals surface area contributed by atoms with E-state index in [1.54, 1.807) is 24.3 Å². The van der Waals surface area contributed by atoms with Gasteiger partial charge in [0.15, 0.2) is 6.29 Å². The molecule has 6 nitrogen and oxygen atoms in total. The molecule has 0 amide bonds. The highest BCUT2D eigenvalue weighted by molar-refractivity contribution is 4.94. The average molecular weight is 340 g/mol. The van der Waals surface area contributed by atoms with Crippen molar-refractivity contribution in [3.8, 4) is 0 Å². The second kappa shape index (κ2) is 12.1. The fourth-order valence-corrected chi connectivity index (χ4v) is 2.40. The standard InChI is InChI=1S/C18H28O6/c1-5-9-20-13-14-15(21-10-6-2)16(22-11-7-3)17(18(19)24-14)23-12-8-4/h5-8,14-19H,1-4,9-13H2/t14-,15-,16+,17?,18+/m1/s1. The van der Waals surface area contributed by atoms with Crippen LogP contribution in [0.2, 0.25) is 0 Å². The van der Waals surface area contributed by atoms with Gasteiger partial charge < -0.3 is 28.8 Å². The van der Waals surface area contributed by atoms with Gasteiger partial charge in [-0.05, 0) is 0 Å². The zero-order chi connectivity index (χ0) is 17.8. The summed E-state index contributed by atoms with van der Waals surface area (Å²) in [6.45, 7) is 16.0. The van der Waals surface area contributed by atoms with E-state index in [0.29, 0.717) is 19.8 Å². The van der Waals surface area contributed by atoms with Crippen LogP contribution in [0.3, 0.4) is 0 Å². The third kappa shape index (κ3) is 6.32. The van der Waals surface area contributed by atoms with Crippen LogP contribution < -0.4 is 0 Å². The van der Waals surface area contributed by atoms with Crippen LogP contribution in [0, 0.1) is 0 Å². The summed E-state index contributed by atoms with van der Waals surface area (Å²) >= 11 is 0. The molecule has 1 saturated heterocycles. The van der Waals surface area contributed by atoms with Gasteiger partial charge in [0.05, 0.1) is 33.0 Å². The topological polar surface area (TPSA) is 66.4 Å². The molecule has 6 heteroatoms. The fraction of sp³-hybridized carbons (Fsp3) is 0.556. The smallest absolute Gasteiger partial charge is 0.184 e. The summed E-state index contributed by atoms with van der Waals surface area (Å²) in [6, 6.07) is 0. The van der Waals surface area contributed by atoms with Crippen LogP contribution in [0.15, 0.2) is 50.6 Å². The predicted octanol–water partition coefficient (Wildman–Crippen LogP) is 1.62. The van der Waals surface area contributed by atoms with Crippen molar-refractivity contribution < 1.29 is 28.8 Å². The molecule has 24 heavy (non-hydrogen) atoms. The minimum atomic E-state index is -1.17. The summed E-state index contributed by atoms with van der Waals surface area (Å²) in [5, 5.41) is 10.3. The van der Waals surface area contributed by atoms with E-state index in [1.165, 1.54) is 0 Å². The molecular weight excluding hydrogens is 312 g/mol. The lowest BCUT2D eigenvalue weighted by atomic mass is 9.98. The molecule has 0 aromatic heterocycles. The van der Waals surface area contributed by atoms with Gasteiger partial charge in [-0.2, -0.15) is 0 Å². The quantitative estimate of drug-likeness (QED) is 0.406. The van der Waals surface area contributed by atoms with E-state index in [9.17, 15) is 5.11 Å². The van der Waals surface area contributed by atoms with Gasteiger partial charge in [-0.25, -0.2) is 0 Å². The number of ether oxygens (including phenoxy) is 5. The highest BCUT2D eigenvalue weighted by atomic mass is 16.7. The normalized spacial score (nSPS) is 29.8. The predicted molar refractivity (Wildman–Crippen MR) is 91.7 cm³/mol. The molecule has 1 fully saturated rings. The van der Waals surface area contributed by atoms with Crippen LogP contribution in [0.4, 0.5) is 0 Å². The van der Waals surface area contributed by atoms with Crippen molar-refractivity contribution in [3.05, 3.63) is 50.6 Å². The first-order valence-corrected chi connectivity index (χ1v) is 7.89. The van der Waals surface area contributed by atoms with Gasteiger partial charge in [-0.3, -0.25) is 0 Å². The molecule has 136 valence electrons. The molecule has 0 spiro atoms. The van der Waals surface area contributed by atoms with E-state index < -0.39 is 30.7 Å². The van der Waals surface area contributed by atoms with Crippen molar-refractivity contribution in [1.82, 2.24) is 0 Å². The Hall–Kier alpha value is -1.28. The minimum Gasteiger partial charge on any atom is -0.375 e. The largest absolute Gasteiger partial charge is 0.375 e. The Balaban J connectivity index is 2.92. The molecule has 1 N–H and O–H groups in total. The lowest BCUT2D eigenvalue weighted by Crippen LogP contribution is -2.61. The van der Waals surface area contributed by atoms with Gasteiger partial charge in [-0.1, -0.05) is 24.3 Å². The zero-order valence-electron chi connectivity index (χ0n) is 14.0. The first kappa shape index (κ1) is 20.8. The number of aliphatic hydroxyl groups excluding tert-OH is 1. The Morgan fingerprint density at radius 1 is 0.750 bits per heavy atom. The van der Waals surface area contributed by atoms with E-state index in [4.69, 9.17) is 23.7 Å². The first-order chi connectivity index (χ1) is 11.7. The maximum Gasteiger partial charge on any atom is 0.184 e. The van der Waals surface area contributed by atoms with Crippen LogP contribution >= 0.6 is 0 Å². The van der Waals surface area contributed by atoms with Crippen molar-refractivity contribution in [1.29, 1.82) is 0 Å². The second-order valence-electron chi connectivity index (χ2n) is 5.15. The Morgan fingerprint density at radius 3 is 1.79 bits per heavy atom. The summed E-state index contributed by atoms with van der Waals surface area (Å²) in [5.41, 5.74) is 0. The molecule has 0 saturated carbocycles. The minimum absolute atomic E-state index is 0.229. The molecule has 5 atom stereocenters. The van der Waals surface area contributed by atoms with Gasteiger partial charge >= 0.3 is 0 Å². The first-order valence-electron chi connectivity index (χ1n) is 7.89. The summed E-state index contributed by atoms with van der Waals surface area (Å²) in [5.74, 6) is 0. The van der Waals surface area contributed by atoms with Gasteiger partial charge in [0.25, 0.3) is 0 Å². The Kier molecular flexibility index (Phi) is 10.5. The van der Waals surface area contributed by atoms with Crippen LogP contribution in [0.5, 0.6) is 0 Å². The van der Waals surface area contributed by atoms with Gasteiger partial charge in [-0.15, -0.1) is 26.3 Å². The van der Waals surface area contributed by atoms with E-state index in [1.807, 2.05) is 0 Å². The number of hydrogen-bond donors (Lipinski definition) is 1. The SMILES string of the molecule is C=CCOC[C@H]1O[C@H](O)C(OCC=C)[C@@H](OCC=C)[C@@H]1OCC=C. The molecule has 1 unspecified atom stereocenters. The Morgan fingerprint density at radius 2 is 1.25 bits per heavy atom. The molecular formula is C18H28O6. The Bertz CT molecular complexity index is 397. The lowest BCUT2D eigenvalue weighted by molar-refractivity contribution is -0.307. The molecule has 1 rings (SSSR count). The van der Waals surface area contributed by atoms with Crippen molar-refractivity contribution in [2.24, 2.45) is 0 Å². The Labute approximate surface area is 144 Å². The van der Waals surface area contributed by atoms with Crippen LogP contribution in [0.1, 0.15) is 0 Å². The van der Waals surface area contributed by atoms with Gasteiger partial charge in [0, 0.05) is 0 Å². The van der Waals surface area contributed by atoms with Gasteiger partial charge in [0.2, 0.25) is 0 Å². The van der Waals surface area contributed by atoms with Crippen molar-refractivity contribution in [2.45, 2.75) is 30.7 Å². The molecule has 1 aliphatic heterocycles. The van der Waals surface area contributed by atoms with E-state index >= 15 is 0 Å². The number of rotatable bonds is 13. The monoisotopic (exact) mass is 340 g/mol. The maximum absolute atomic E-state index is 10.3. The number of hydrogen-bond acceptors (Lipinski definition) is 6. The molecule has 1 aliphatic rings. The average Bonchev–Trinajstić information content (AvgIpc) is 2.58. The second-order valence-corrected chi connectivity index (χ2v) is 5.15. The van der Waals surface area contributed by atoms with Gasteiger partial charge in [0.1, 0.15) is 24.4 Å². The third-order valence-electron chi connectivity index (χ3n) is 3.35. The zero-order valence-corrected chi connectivity index (χ0v) is 14.0. The summed E-state index contributed by atoms with van der Waals surface area (Å²) in [4.78, 5) is 0. The fourth-order valence-electron chi connectivity index (χ4n) is 2.40. The molecule has 0 radical (unpaired) electrons. The molecule has 0 aliphatic carbocycles. The molecule has 0 bridgehead atoms. The molecule has 0 aromatic carbocycles. The maximum atomic E-state index is 10.3. The molecule has 1 heterocycles. The van der Waals surface area contributed by atoms with E-state index in [2.05, 4.69) is 26.3 Å². The van der Waals surface area contributed by atoms with Crippen LogP contribution in [-0.4, -0.2) is 68.8 Å². The van der Waals surface area contributed by atoms with E-state index in [-0.39, 0.29) is 13.2 Å². The highest BCUT2D eigenvalue weighted by Gasteiger charge is 2.47. The summed E-state index contributed by atoms with van der Waals surface area (Å²) < 4.78 is 28.3. The molecule has 0 aromatic rings. The third-order valence-corrected chi connectivity index (χ3v) is 3.35. The van der Waals surface area contributed by atoms with Crippen LogP contribution in [-0.2, 0) is 23.7 Å². The lowest BCUT2D eigenvalue weighted by Gasteiger charge is -2.44. The highest BCUT2D eigenvalue weighted by Crippen LogP contribution is 2.27. The number of aliphatic hydroxyl groups is 1. The summed E-state index contributed by atoms with van der Waals surface area (Å²) in [6.07, 6.45) is 3.05. The van der Waals surface area contributed by atoms with Crippen LogP contribution in [0.25, 0.3) is 0 Å². The van der Waals surface area contributed by atoms with Crippen molar-refractivity contribution >= 4 is 0 Å². The van der Waals surface area contributed by atoms with Crippen molar-refractivity contribution in [3.63, 3.8) is 0 Å².